The van der Waals surface area contributed by atoms with Crippen molar-refractivity contribution in [2.24, 2.45) is 0 Å². The molecule has 0 unspecified atom stereocenters. The minimum Gasteiger partial charge on any atom is -0.348 e. The summed E-state index contributed by atoms with van der Waals surface area (Å²) in [4.78, 5) is 22.1. The highest BCUT2D eigenvalue weighted by molar-refractivity contribution is 7.98. The van der Waals surface area contributed by atoms with Crippen LogP contribution in [-0.4, -0.2) is 20.4 Å². The van der Waals surface area contributed by atoms with E-state index in [2.05, 4.69) is 59.0 Å². The number of nitrogens with one attached hydrogen (secondary N) is 1. The molecule has 5 rings (SSSR count). The minimum atomic E-state index is -0.0751. The summed E-state index contributed by atoms with van der Waals surface area (Å²) in [6.45, 7) is 5.30. The van der Waals surface area contributed by atoms with Crippen molar-refractivity contribution in [2.75, 3.05) is 0 Å². The van der Waals surface area contributed by atoms with Crippen LogP contribution in [0.2, 0.25) is 0 Å². The van der Waals surface area contributed by atoms with Crippen molar-refractivity contribution in [1.82, 2.24) is 19.9 Å². The molecule has 0 saturated heterocycles. The van der Waals surface area contributed by atoms with E-state index in [0.717, 1.165) is 33.2 Å². The Morgan fingerprint density at radius 3 is 2.42 bits per heavy atom. The molecule has 180 valence electrons. The van der Waals surface area contributed by atoms with E-state index in [1.54, 1.807) is 18.0 Å². The van der Waals surface area contributed by atoms with E-state index in [4.69, 9.17) is 4.98 Å². The standard InChI is InChI=1S/C30H28N4OS/c1-21-9-11-24(12-10-21)20-36-30-33-27-8-5-17-31-28(27)34(30)19-23-13-15-25(16-14-23)29(35)32-18-26-7-4-3-6-22(26)2/h3-17H,18-20H2,1-2H3,(H,32,35). The molecule has 2 aromatic heterocycles. The van der Waals surface area contributed by atoms with Crippen molar-refractivity contribution in [3.8, 4) is 0 Å². The maximum absolute atomic E-state index is 12.7. The van der Waals surface area contributed by atoms with Crippen LogP contribution in [-0.2, 0) is 18.8 Å². The average Bonchev–Trinajstić information content (AvgIpc) is 3.25. The van der Waals surface area contributed by atoms with E-state index in [9.17, 15) is 4.79 Å². The van der Waals surface area contributed by atoms with Crippen molar-refractivity contribution in [2.45, 2.75) is 37.8 Å². The zero-order valence-corrected chi connectivity index (χ0v) is 21.3. The Hall–Kier alpha value is -3.90. The number of aromatic nitrogens is 3. The topological polar surface area (TPSA) is 59.8 Å². The van der Waals surface area contributed by atoms with Gasteiger partial charge in [-0.2, -0.15) is 0 Å². The number of amides is 1. The number of fused-ring (bicyclic) bond motifs is 1. The van der Waals surface area contributed by atoms with Crippen LogP contribution in [0.1, 0.15) is 38.2 Å². The van der Waals surface area contributed by atoms with Crippen molar-refractivity contribution in [3.63, 3.8) is 0 Å². The van der Waals surface area contributed by atoms with Gasteiger partial charge in [0.2, 0.25) is 0 Å². The Bertz CT molecular complexity index is 1490. The lowest BCUT2D eigenvalue weighted by Crippen LogP contribution is -2.23. The number of carbonyl (C=O) groups excluding carboxylic acids is 1. The van der Waals surface area contributed by atoms with Crippen molar-refractivity contribution in [3.05, 3.63) is 125 Å². The predicted molar refractivity (Wildman–Crippen MR) is 146 cm³/mol. The summed E-state index contributed by atoms with van der Waals surface area (Å²) in [5, 5.41) is 3.96. The Morgan fingerprint density at radius 2 is 1.64 bits per heavy atom. The highest BCUT2D eigenvalue weighted by Crippen LogP contribution is 2.27. The summed E-state index contributed by atoms with van der Waals surface area (Å²) in [6.07, 6.45) is 1.80. The van der Waals surface area contributed by atoms with Gasteiger partial charge in [-0.15, -0.1) is 0 Å². The molecule has 36 heavy (non-hydrogen) atoms. The van der Waals surface area contributed by atoms with Gasteiger partial charge < -0.3 is 5.32 Å². The number of aryl methyl sites for hydroxylation is 2. The molecule has 0 saturated carbocycles. The van der Waals surface area contributed by atoms with Gasteiger partial charge in [0.15, 0.2) is 10.8 Å². The van der Waals surface area contributed by atoms with Crippen LogP contribution in [0.5, 0.6) is 0 Å². The molecule has 0 aliphatic rings. The smallest absolute Gasteiger partial charge is 0.251 e. The van der Waals surface area contributed by atoms with Gasteiger partial charge >= 0.3 is 0 Å². The number of hydrogen-bond acceptors (Lipinski definition) is 4. The number of pyridine rings is 1. The third-order valence-electron chi connectivity index (χ3n) is 6.21. The Morgan fingerprint density at radius 1 is 0.889 bits per heavy atom. The fraction of sp³-hybridized carbons (Fsp3) is 0.167. The second-order valence-corrected chi connectivity index (χ2v) is 9.85. The normalized spacial score (nSPS) is 11.1. The lowest BCUT2D eigenvalue weighted by Gasteiger charge is -2.10. The first-order chi connectivity index (χ1) is 17.6. The molecule has 0 atom stereocenters. The first-order valence-electron chi connectivity index (χ1n) is 12.0. The van der Waals surface area contributed by atoms with Crippen LogP contribution in [0.3, 0.4) is 0 Å². The van der Waals surface area contributed by atoms with E-state index in [0.29, 0.717) is 18.7 Å². The van der Waals surface area contributed by atoms with Gasteiger partial charge in [-0.3, -0.25) is 9.36 Å². The quantitative estimate of drug-likeness (QED) is 0.258. The highest BCUT2D eigenvalue weighted by atomic mass is 32.2. The van der Waals surface area contributed by atoms with Crippen LogP contribution in [0.15, 0.2) is 96.3 Å². The van der Waals surface area contributed by atoms with Gasteiger partial charge in [0.1, 0.15) is 5.52 Å². The Labute approximate surface area is 215 Å². The molecule has 0 fully saturated rings. The van der Waals surface area contributed by atoms with E-state index in [1.807, 2.05) is 54.6 Å². The molecular weight excluding hydrogens is 464 g/mol. The molecule has 0 spiro atoms. The molecule has 1 N–H and O–H groups in total. The van der Waals surface area contributed by atoms with Crippen LogP contribution in [0.25, 0.3) is 11.2 Å². The molecule has 6 heteroatoms. The molecule has 0 bridgehead atoms. The molecular formula is C30H28N4OS. The molecule has 0 aliphatic heterocycles. The van der Waals surface area contributed by atoms with E-state index in [1.165, 1.54) is 16.7 Å². The summed E-state index contributed by atoms with van der Waals surface area (Å²) in [7, 11) is 0. The molecule has 5 nitrogen and oxygen atoms in total. The lowest BCUT2D eigenvalue weighted by atomic mass is 10.1. The summed E-state index contributed by atoms with van der Waals surface area (Å²) in [6, 6.07) is 28.4. The number of imidazole rings is 1. The van der Waals surface area contributed by atoms with Gasteiger partial charge in [-0.25, -0.2) is 9.97 Å². The van der Waals surface area contributed by atoms with Gasteiger partial charge in [0.05, 0.1) is 6.54 Å². The van der Waals surface area contributed by atoms with Gasteiger partial charge in [-0.05, 0) is 60.4 Å². The van der Waals surface area contributed by atoms with E-state index < -0.39 is 0 Å². The fourth-order valence-electron chi connectivity index (χ4n) is 4.05. The fourth-order valence-corrected chi connectivity index (χ4v) is 5.01. The second-order valence-electron chi connectivity index (χ2n) is 8.91. The zero-order chi connectivity index (χ0) is 24.9. The third-order valence-corrected chi connectivity index (χ3v) is 7.26. The molecule has 3 aromatic carbocycles. The second kappa shape index (κ2) is 10.8. The van der Waals surface area contributed by atoms with Crippen LogP contribution >= 0.6 is 11.8 Å². The number of hydrogen-bond donors (Lipinski definition) is 1. The number of carbonyl (C=O) groups is 1. The first kappa shape index (κ1) is 23.8. The van der Waals surface area contributed by atoms with E-state index >= 15 is 0 Å². The van der Waals surface area contributed by atoms with Gasteiger partial charge in [0.25, 0.3) is 5.91 Å². The van der Waals surface area contributed by atoms with Crippen LogP contribution in [0, 0.1) is 13.8 Å². The number of nitrogens with zero attached hydrogens (tertiary/aromatic N) is 3. The van der Waals surface area contributed by atoms with Crippen molar-refractivity contribution < 1.29 is 4.79 Å². The SMILES string of the molecule is Cc1ccc(CSc2nc3cccnc3n2Cc2ccc(C(=O)NCc3ccccc3C)cc2)cc1. The van der Waals surface area contributed by atoms with Gasteiger partial charge in [-0.1, -0.05) is 78.0 Å². The first-order valence-corrected chi connectivity index (χ1v) is 13.0. The third kappa shape index (κ3) is 5.50. The number of benzene rings is 3. The maximum atomic E-state index is 12.7. The van der Waals surface area contributed by atoms with Crippen molar-refractivity contribution >= 4 is 28.8 Å². The molecule has 1 amide bonds. The van der Waals surface area contributed by atoms with Crippen LogP contribution < -0.4 is 5.32 Å². The summed E-state index contributed by atoms with van der Waals surface area (Å²) in [5.74, 6) is 0.762. The average molecular weight is 493 g/mol. The largest absolute Gasteiger partial charge is 0.348 e. The molecule has 0 aliphatic carbocycles. The monoisotopic (exact) mass is 492 g/mol. The Kier molecular flexibility index (Phi) is 7.14. The van der Waals surface area contributed by atoms with Crippen molar-refractivity contribution in [1.29, 1.82) is 0 Å². The molecule has 0 radical (unpaired) electrons. The van der Waals surface area contributed by atoms with Gasteiger partial charge in [0, 0.05) is 24.1 Å². The summed E-state index contributed by atoms with van der Waals surface area (Å²) in [5.41, 5.74) is 8.30. The predicted octanol–water partition coefficient (Wildman–Crippen LogP) is 6.32. The zero-order valence-electron chi connectivity index (χ0n) is 20.4. The Balaban J connectivity index is 1.30. The minimum absolute atomic E-state index is 0.0751. The summed E-state index contributed by atoms with van der Waals surface area (Å²) >= 11 is 1.71. The van der Waals surface area contributed by atoms with E-state index in [-0.39, 0.29) is 5.91 Å². The summed E-state index contributed by atoms with van der Waals surface area (Å²) < 4.78 is 2.15. The number of rotatable bonds is 8. The number of thioether (sulfide) groups is 1. The highest BCUT2D eigenvalue weighted by Gasteiger charge is 2.14. The lowest BCUT2D eigenvalue weighted by molar-refractivity contribution is 0.0951. The molecule has 2 heterocycles. The van der Waals surface area contributed by atoms with Crippen LogP contribution in [0.4, 0.5) is 0 Å². The molecule has 5 aromatic rings. The maximum Gasteiger partial charge on any atom is 0.251 e.